The van der Waals surface area contributed by atoms with Crippen LogP contribution in [-0.2, 0) is 12.8 Å². The van der Waals surface area contributed by atoms with Gasteiger partial charge in [0.05, 0.1) is 0 Å². The molecule has 0 aliphatic heterocycles. The minimum Gasteiger partial charge on any atom is -0.314 e. The first-order valence-electron chi connectivity index (χ1n) is 8.04. The molecule has 2 unspecified atom stereocenters. The lowest BCUT2D eigenvalue weighted by molar-refractivity contribution is 0.401. The molecule has 2 aliphatic carbocycles. The maximum atomic E-state index is 4.87. The van der Waals surface area contributed by atoms with Gasteiger partial charge in [0.15, 0.2) is 0 Å². The summed E-state index contributed by atoms with van der Waals surface area (Å²) in [6.45, 7) is 10.2. The van der Waals surface area contributed by atoms with E-state index in [0.717, 1.165) is 31.1 Å². The van der Waals surface area contributed by atoms with E-state index in [1.807, 2.05) is 0 Å². The van der Waals surface area contributed by atoms with Crippen LogP contribution in [0.3, 0.4) is 0 Å². The average molecular weight is 273 g/mol. The van der Waals surface area contributed by atoms with Gasteiger partial charge in [-0.3, -0.25) is 0 Å². The molecule has 1 fully saturated rings. The van der Waals surface area contributed by atoms with Crippen molar-refractivity contribution in [3.63, 3.8) is 0 Å². The van der Waals surface area contributed by atoms with Gasteiger partial charge in [0, 0.05) is 23.9 Å². The molecule has 3 rings (SSSR count). The zero-order chi connectivity index (χ0) is 14.3. The Bertz CT molecular complexity index is 493. The lowest BCUT2D eigenvalue weighted by Gasteiger charge is -2.25. The Morgan fingerprint density at radius 2 is 2.15 bits per heavy atom. The van der Waals surface area contributed by atoms with E-state index in [9.17, 15) is 0 Å². The SMILES string of the molecule is CC(C)NCC1CCc2nc(C3CC3(C)C)ncc2C1. The van der Waals surface area contributed by atoms with E-state index >= 15 is 0 Å². The predicted octanol–water partition coefficient (Wildman–Crippen LogP) is 3.09. The molecular weight excluding hydrogens is 246 g/mol. The summed E-state index contributed by atoms with van der Waals surface area (Å²) in [6, 6.07) is 0.576. The Kier molecular flexibility index (Phi) is 3.57. The topological polar surface area (TPSA) is 37.8 Å². The minimum atomic E-state index is 0.423. The molecular formula is C17H27N3. The highest BCUT2D eigenvalue weighted by Crippen LogP contribution is 2.57. The first kappa shape index (κ1) is 14.0. The number of rotatable bonds is 4. The van der Waals surface area contributed by atoms with Gasteiger partial charge in [0.25, 0.3) is 0 Å². The van der Waals surface area contributed by atoms with Crippen molar-refractivity contribution in [2.24, 2.45) is 11.3 Å². The third-order valence-electron chi connectivity index (χ3n) is 4.91. The quantitative estimate of drug-likeness (QED) is 0.916. The van der Waals surface area contributed by atoms with Crippen LogP contribution < -0.4 is 5.32 Å². The highest BCUT2D eigenvalue weighted by atomic mass is 14.9. The predicted molar refractivity (Wildman–Crippen MR) is 81.8 cm³/mol. The molecule has 1 aromatic heterocycles. The fourth-order valence-electron chi connectivity index (χ4n) is 3.25. The van der Waals surface area contributed by atoms with E-state index in [0.29, 0.717) is 17.4 Å². The smallest absolute Gasteiger partial charge is 0.132 e. The van der Waals surface area contributed by atoms with Crippen molar-refractivity contribution in [2.75, 3.05) is 6.54 Å². The monoisotopic (exact) mass is 273 g/mol. The van der Waals surface area contributed by atoms with Gasteiger partial charge >= 0.3 is 0 Å². The first-order valence-corrected chi connectivity index (χ1v) is 8.04. The van der Waals surface area contributed by atoms with Crippen LogP contribution in [0.15, 0.2) is 6.20 Å². The Balaban J connectivity index is 1.67. The summed E-state index contributed by atoms with van der Waals surface area (Å²) >= 11 is 0. The Hall–Kier alpha value is -0.960. The molecule has 1 N–H and O–H groups in total. The zero-order valence-corrected chi connectivity index (χ0v) is 13.2. The van der Waals surface area contributed by atoms with Gasteiger partial charge in [0.2, 0.25) is 0 Å². The average Bonchev–Trinajstić information content (AvgIpc) is 3.04. The van der Waals surface area contributed by atoms with Crippen molar-refractivity contribution >= 4 is 0 Å². The molecule has 0 radical (unpaired) electrons. The Morgan fingerprint density at radius 1 is 1.40 bits per heavy atom. The summed E-state index contributed by atoms with van der Waals surface area (Å²) in [7, 11) is 0. The van der Waals surface area contributed by atoms with Crippen molar-refractivity contribution in [1.82, 2.24) is 15.3 Å². The largest absolute Gasteiger partial charge is 0.314 e. The lowest BCUT2D eigenvalue weighted by atomic mass is 9.87. The number of nitrogens with zero attached hydrogens (tertiary/aromatic N) is 2. The molecule has 110 valence electrons. The molecule has 1 heterocycles. The Labute approximate surface area is 122 Å². The third-order valence-corrected chi connectivity index (χ3v) is 4.91. The minimum absolute atomic E-state index is 0.423. The second kappa shape index (κ2) is 5.10. The number of aryl methyl sites for hydroxylation is 1. The summed E-state index contributed by atoms with van der Waals surface area (Å²) in [5, 5.41) is 3.56. The maximum Gasteiger partial charge on any atom is 0.132 e. The van der Waals surface area contributed by atoms with Gasteiger partial charge in [-0.15, -0.1) is 0 Å². The molecule has 0 aromatic carbocycles. The van der Waals surface area contributed by atoms with Crippen LogP contribution in [0, 0.1) is 11.3 Å². The van der Waals surface area contributed by atoms with E-state index < -0.39 is 0 Å². The van der Waals surface area contributed by atoms with Crippen LogP contribution in [0.4, 0.5) is 0 Å². The number of nitrogens with one attached hydrogen (secondary N) is 1. The van der Waals surface area contributed by atoms with Crippen LogP contribution in [0.5, 0.6) is 0 Å². The van der Waals surface area contributed by atoms with Crippen LogP contribution in [0.25, 0.3) is 0 Å². The summed E-state index contributed by atoms with van der Waals surface area (Å²) in [5.74, 6) is 2.43. The van der Waals surface area contributed by atoms with Crippen molar-refractivity contribution in [3.8, 4) is 0 Å². The number of hydrogen-bond donors (Lipinski definition) is 1. The number of hydrogen-bond acceptors (Lipinski definition) is 3. The fourth-order valence-corrected chi connectivity index (χ4v) is 3.25. The maximum absolute atomic E-state index is 4.87. The molecule has 0 spiro atoms. The van der Waals surface area contributed by atoms with E-state index in [2.05, 4.69) is 44.2 Å². The molecule has 3 heteroatoms. The Morgan fingerprint density at radius 3 is 2.80 bits per heavy atom. The van der Waals surface area contributed by atoms with Gasteiger partial charge < -0.3 is 5.32 Å². The van der Waals surface area contributed by atoms with Gasteiger partial charge in [-0.05, 0) is 49.1 Å². The summed E-state index contributed by atoms with van der Waals surface area (Å²) in [4.78, 5) is 9.52. The third kappa shape index (κ3) is 2.88. The van der Waals surface area contributed by atoms with Crippen LogP contribution in [-0.4, -0.2) is 22.6 Å². The second-order valence-electron chi connectivity index (χ2n) is 7.62. The standard InChI is InChI=1S/C17H27N3/c1-11(2)18-9-12-5-6-15-13(7-12)10-19-16(20-15)14-8-17(14,3)4/h10-12,14,18H,5-9H2,1-4H3. The van der Waals surface area contributed by atoms with Crippen molar-refractivity contribution in [3.05, 3.63) is 23.3 Å². The molecule has 2 aliphatic rings. The molecule has 1 saturated carbocycles. The summed E-state index contributed by atoms with van der Waals surface area (Å²) < 4.78 is 0. The van der Waals surface area contributed by atoms with E-state index in [1.54, 1.807) is 0 Å². The van der Waals surface area contributed by atoms with Crippen molar-refractivity contribution in [1.29, 1.82) is 0 Å². The first-order chi connectivity index (χ1) is 9.45. The molecule has 1 aromatic rings. The fraction of sp³-hybridized carbons (Fsp3) is 0.765. The van der Waals surface area contributed by atoms with Gasteiger partial charge in [-0.2, -0.15) is 0 Å². The van der Waals surface area contributed by atoms with Gasteiger partial charge in [0.1, 0.15) is 5.82 Å². The second-order valence-corrected chi connectivity index (χ2v) is 7.62. The number of fused-ring (bicyclic) bond motifs is 1. The molecule has 0 amide bonds. The molecule has 0 saturated heterocycles. The van der Waals surface area contributed by atoms with Crippen molar-refractivity contribution < 1.29 is 0 Å². The van der Waals surface area contributed by atoms with E-state index in [4.69, 9.17) is 4.98 Å². The molecule has 0 bridgehead atoms. The highest BCUT2D eigenvalue weighted by Gasteiger charge is 2.48. The summed E-state index contributed by atoms with van der Waals surface area (Å²) in [6.07, 6.45) is 6.88. The van der Waals surface area contributed by atoms with Crippen LogP contribution >= 0.6 is 0 Å². The molecule has 2 atom stereocenters. The van der Waals surface area contributed by atoms with Gasteiger partial charge in [-0.25, -0.2) is 9.97 Å². The lowest BCUT2D eigenvalue weighted by Crippen LogP contribution is -2.32. The summed E-state index contributed by atoms with van der Waals surface area (Å²) in [5.41, 5.74) is 3.12. The van der Waals surface area contributed by atoms with Crippen LogP contribution in [0.1, 0.15) is 63.5 Å². The van der Waals surface area contributed by atoms with E-state index in [-0.39, 0.29) is 0 Å². The van der Waals surface area contributed by atoms with Crippen LogP contribution in [0.2, 0.25) is 0 Å². The molecule has 3 nitrogen and oxygen atoms in total. The zero-order valence-electron chi connectivity index (χ0n) is 13.2. The van der Waals surface area contributed by atoms with Crippen molar-refractivity contribution in [2.45, 2.75) is 65.3 Å². The normalized spacial score (nSPS) is 27.4. The highest BCUT2D eigenvalue weighted by molar-refractivity contribution is 5.25. The van der Waals surface area contributed by atoms with E-state index in [1.165, 1.54) is 24.1 Å². The molecule has 20 heavy (non-hydrogen) atoms. The number of aromatic nitrogens is 2. The van der Waals surface area contributed by atoms with Gasteiger partial charge in [-0.1, -0.05) is 27.7 Å².